The Kier molecular flexibility index (Phi) is 1.08. The Labute approximate surface area is 55.1 Å². The molecular weight excluding hydrogens is 116 g/mol. The van der Waals surface area contributed by atoms with Crippen molar-refractivity contribution in [3.8, 4) is 0 Å². The van der Waals surface area contributed by atoms with Crippen molar-refractivity contribution >= 4 is 0 Å². The first-order chi connectivity index (χ1) is 4.29. The predicted octanol–water partition coefficient (Wildman–Crippen LogP) is 1.30. The van der Waals surface area contributed by atoms with Gasteiger partial charge in [0.15, 0.2) is 5.79 Å². The van der Waals surface area contributed by atoms with E-state index in [2.05, 4.69) is 0 Å². The third kappa shape index (κ3) is 0.864. The van der Waals surface area contributed by atoms with Crippen LogP contribution in [-0.4, -0.2) is 18.5 Å². The third-order valence-corrected chi connectivity index (χ3v) is 2.15. The van der Waals surface area contributed by atoms with Gasteiger partial charge in [0, 0.05) is 6.42 Å². The Morgan fingerprint density at radius 1 is 1.56 bits per heavy atom. The highest BCUT2D eigenvalue weighted by molar-refractivity contribution is 4.80. The largest absolute Gasteiger partial charge is 0.348 e. The van der Waals surface area contributed by atoms with Crippen molar-refractivity contribution in [2.45, 2.75) is 38.1 Å². The molecule has 2 fully saturated rings. The van der Waals surface area contributed by atoms with Crippen LogP contribution in [0.3, 0.4) is 0 Å². The number of fused-ring (bicyclic) bond motifs is 2. The molecule has 2 rings (SSSR count). The van der Waals surface area contributed by atoms with Crippen molar-refractivity contribution in [3.63, 3.8) is 0 Å². The SMILES string of the molecule is C[C@@]12CCC[C@@H](CO1)O2. The molecule has 2 saturated heterocycles. The molecule has 2 heterocycles. The summed E-state index contributed by atoms with van der Waals surface area (Å²) in [5, 5.41) is 0. The van der Waals surface area contributed by atoms with Crippen LogP contribution in [0.1, 0.15) is 26.2 Å². The molecule has 2 heteroatoms. The van der Waals surface area contributed by atoms with Crippen LogP contribution in [0.15, 0.2) is 0 Å². The van der Waals surface area contributed by atoms with Crippen molar-refractivity contribution in [2.24, 2.45) is 0 Å². The Morgan fingerprint density at radius 2 is 2.44 bits per heavy atom. The standard InChI is InChI=1S/C7H12O2/c1-7-4-2-3-6(9-7)5-8-7/h6H,2-5H2,1H3/t6-,7+/m0/s1. The van der Waals surface area contributed by atoms with Gasteiger partial charge in [-0.15, -0.1) is 0 Å². The molecule has 2 aliphatic rings. The van der Waals surface area contributed by atoms with Crippen LogP contribution in [0, 0.1) is 0 Å². The quantitative estimate of drug-likeness (QED) is 0.489. The maximum absolute atomic E-state index is 5.56. The Balaban J connectivity index is 2.13. The van der Waals surface area contributed by atoms with Crippen LogP contribution >= 0.6 is 0 Å². The summed E-state index contributed by atoms with van der Waals surface area (Å²) in [6.07, 6.45) is 3.93. The molecule has 0 aliphatic carbocycles. The van der Waals surface area contributed by atoms with Crippen molar-refractivity contribution in [3.05, 3.63) is 0 Å². The van der Waals surface area contributed by atoms with Gasteiger partial charge in [0.25, 0.3) is 0 Å². The summed E-state index contributed by atoms with van der Waals surface area (Å²) in [6, 6.07) is 0. The normalized spacial score (nSPS) is 49.7. The van der Waals surface area contributed by atoms with Gasteiger partial charge in [-0.3, -0.25) is 0 Å². The Hall–Kier alpha value is -0.0800. The van der Waals surface area contributed by atoms with Crippen LogP contribution in [0.25, 0.3) is 0 Å². The molecule has 0 unspecified atom stereocenters. The van der Waals surface area contributed by atoms with E-state index in [0.717, 1.165) is 13.0 Å². The molecule has 0 spiro atoms. The Morgan fingerprint density at radius 3 is 3.11 bits per heavy atom. The minimum atomic E-state index is -0.205. The lowest BCUT2D eigenvalue weighted by molar-refractivity contribution is -0.173. The molecule has 2 nitrogen and oxygen atoms in total. The summed E-state index contributed by atoms with van der Waals surface area (Å²) < 4.78 is 11.0. The number of rotatable bonds is 0. The first-order valence-electron chi connectivity index (χ1n) is 3.60. The molecule has 0 amide bonds. The fourth-order valence-electron chi connectivity index (χ4n) is 1.61. The van der Waals surface area contributed by atoms with Crippen LogP contribution in [0.2, 0.25) is 0 Å². The second-order valence-corrected chi connectivity index (χ2v) is 3.08. The smallest absolute Gasteiger partial charge is 0.166 e. The summed E-state index contributed by atoms with van der Waals surface area (Å²) in [7, 11) is 0. The molecule has 0 saturated carbocycles. The van der Waals surface area contributed by atoms with Crippen LogP contribution in [0.4, 0.5) is 0 Å². The van der Waals surface area contributed by atoms with Gasteiger partial charge in [-0.25, -0.2) is 0 Å². The number of hydrogen-bond acceptors (Lipinski definition) is 2. The van der Waals surface area contributed by atoms with Gasteiger partial charge in [0.1, 0.15) is 0 Å². The highest BCUT2D eigenvalue weighted by Crippen LogP contribution is 2.35. The van der Waals surface area contributed by atoms with E-state index in [-0.39, 0.29) is 5.79 Å². The molecular formula is C7H12O2. The maximum atomic E-state index is 5.56. The summed E-state index contributed by atoms with van der Waals surface area (Å²) in [4.78, 5) is 0. The van der Waals surface area contributed by atoms with E-state index < -0.39 is 0 Å². The topological polar surface area (TPSA) is 18.5 Å². The van der Waals surface area contributed by atoms with Crippen molar-refractivity contribution in [1.82, 2.24) is 0 Å². The summed E-state index contributed by atoms with van der Waals surface area (Å²) in [6.45, 7) is 2.85. The molecule has 0 aromatic rings. The van der Waals surface area contributed by atoms with Crippen molar-refractivity contribution in [1.29, 1.82) is 0 Å². The minimum absolute atomic E-state index is 0.205. The zero-order chi connectivity index (χ0) is 6.32. The molecule has 2 bridgehead atoms. The molecule has 0 aromatic carbocycles. The van der Waals surface area contributed by atoms with E-state index in [1.165, 1.54) is 12.8 Å². The van der Waals surface area contributed by atoms with Gasteiger partial charge in [-0.1, -0.05) is 0 Å². The van der Waals surface area contributed by atoms with Gasteiger partial charge in [-0.2, -0.15) is 0 Å². The van der Waals surface area contributed by atoms with Crippen molar-refractivity contribution in [2.75, 3.05) is 6.61 Å². The van der Waals surface area contributed by atoms with Gasteiger partial charge >= 0.3 is 0 Å². The molecule has 2 aliphatic heterocycles. The second-order valence-electron chi connectivity index (χ2n) is 3.08. The van der Waals surface area contributed by atoms with E-state index >= 15 is 0 Å². The lowest BCUT2D eigenvalue weighted by Crippen LogP contribution is -2.30. The van der Waals surface area contributed by atoms with E-state index in [1.807, 2.05) is 6.92 Å². The predicted molar refractivity (Wildman–Crippen MR) is 33.1 cm³/mol. The number of ether oxygens (including phenoxy) is 2. The molecule has 0 aromatic heterocycles. The highest BCUT2D eigenvalue weighted by Gasteiger charge is 2.40. The van der Waals surface area contributed by atoms with Crippen LogP contribution in [-0.2, 0) is 9.47 Å². The lowest BCUT2D eigenvalue weighted by atomic mass is 10.1. The first-order valence-corrected chi connectivity index (χ1v) is 3.60. The zero-order valence-corrected chi connectivity index (χ0v) is 5.72. The number of hydrogen-bond donors (Lipinski definition) is 0. The monoisotopic (exact) mass is 128 g/mol. The molecule has 0 radical (unpaired) electrons. The highest BCUT2D eigenvalue weighted by atomic mass is 16.7. The van der Waals surface area contributed by atoms with E-state index in [4.69, 9.17) is 9.47 Å². The van der Waals surface area contributed by atoms with Gasteiger partial charge in [0.05, 0.1) is 12.7 Å². The first kappa shape index (κ1) is 5.69. The van der Waals surface area contributed by atoms with E-state index in [9.17, 15) is 0 Å². The van der Waals surface area contributed by atoms with Crippen molar-refractivity contribution < 1.29 is 9.47 Å². The van der Waals surface area contributed by atoms with E-state index in [0.29, 0.717) is 6.10 Å². The summed E-state index contributed by atoms with van der Waals surface area (Å²) >= 11 is 0. The van der Waals surface area contributed by atoms with Crippen LogP contribution in [0.5, 0.6) is 0 Å². The average Bonchev–Trinajstić information content (AvgIpc) is 2.07. The lowest BCUT2D eigenvalue weighted by Gasteiger charge is -2.27. The Bertz CT molecular complexity index is 120. The average molecular weight is 128 g/mol. The maximum Gasteiger partial charge on any atom is 0.166 e. The van der Waals surface area contributed by atoms with Gasteiger partial charge in [0.2, 0.25) is 0 Å². The van der Waals surface area contributed by atoms with Gasteiger partial charge in [-0.05, 0) is 19.8 Å². The second kappa shape index (κ2) is 1.70. The fourth-order valence-corrected chi connectivity index (χ4v) is 1.61. The molecule has 0 N–H and O–H groups in total. The van der Waals surface area contributed by atoms with E-state index in [1.54, 1.807) is 0 Å². The zero-order valence-electron chi connectivity index (χ0n) is 5.72. The molecule has 2 atom stereocenters. The third-order valence-electron chi connectivity index (χ3n) is 2.15. The fraction of sp³-hybridized carbons (Fsp3) is 1.00. The van der Waals surface area contributed by atoms with Gasteiger partial charge < -0.3 is 9.47 Å². The minimum Gasteiger partial charge on any atom is -0.348 e. The molecule has 52 valence electrons. The summed E-state index contributed by atoms with van der Waals surface area (Å²) in [5.41, 5.74) is 0. The summed E-state index contributed by atoms with van der Waals surface area (Å²) in [5.74, 6) is -0.205. The van der Waals surface area contributed by atoms with Crippen LogP contribution < -0.4 is 0 Å². The molecule has 9 heavy (non-hydrogen) atoms.